The Morgan fingerprint density at radius 3 is 2.80 bits per heavy atom. The minimum absolute atomic E-state index is 0.0217. The molecule has 1 unspecified atom stereocenters. The topological polar surface area (TPSA) is 42.0 Å². The first-order valence-corrected chi connectivity index (χ1v) is 6.09. The number of aromatic nitrogens is 1. The van der Waals surface area contributed by atoms with Gasteiger partial charge < -0.3 is 5.32 Å². The Labute approximate surface area is 93.9 Å². The summed E-state index contributed by atoms with van der Waals surface area (Å²) in [6.07, 6.45) is 2.27. The van der Waals surface area contributed by atoms with E-state index < -0.39 is 0 Å². The third-order valence-corrected chi connectivity index (χ3v) is 4.04. The van der Waals surface area contributed by atoms with Gasteiger partial charge in [0.15, 0.2) is 0 Å². The van der Waals surface area contributed by atoms with Crippen molar-refractivity contribution in [3.63, 3.8) is 0 Å². The largest absolute Gasteiger partial charge is 0.347 e. The van der Waals surface area contributed by atoms with Gasteiger partial charge in [-0.3, -0.25) is 4.79 Å². The molecule has 2 rings (SSSR count). The maximum atomic E-state index is 11.9. The molecule has 15 heavy (non-hydrogen) atoms. The number of amides is 1. The number of carbonyl (C=O) groups is 1. The van der Waals surface area contributed by atoms with Crippen molar-refractivity contribution in [2.24, 2.45) is 5.41 Å². The molecule has 1 aliphatic rings. The highest BCUT2D eigenvalue weighted by molar-refractivity contribution is 7.09. The molecule has 1 saturated carbocycles. The second kappa shape index (κ2) is 3.59. The van der Waals surface area contributed by atoms with Crippen LogP contribution in [-0.4, -0.2) is 16.9 Å². The van der Waals surface area contributed by atoms with Crippen LogP contribution in [0.15, 0.2) is 5.51 Å². The molecule has 1 aromatic heterocycles. The number of hydrogen-bond donors (Lipinski definition) is 1. The van der Waals surface area contributed by atoms with E-state index in [1.54, 1.807) is 5.51 Å². The van der Waals surface area contributed by atoms with Gasteiger partial charge in [-0.25, -0.2) is 4.98 Å². The second-order valence-corrected chi connectivity index (χ2v) is 5.87. The van der Waals surface area contributed by atoms with Crippen molar-refractivity contribution in [3.05, 3.63) is 16.1 Å². The fourth-order valence-electron chi connectivity index (χ4n) is 1.88. The van der Waals surface area contributed by atoms with Crippen LogP contribution in [0.5, 0.6) is 0 Å². The molecule has 4 heteroatoms. The molecule has 1 atom stereocenters. The average molecular weight is 224 g/mol. The van der Waals surface area contributed by atoms with E-state index in [0.717, 1.165) is 11.3 Å². The molecule has 0 spiro atoms. The quantitative estimate of drug-likeness (QED) is 0.838. The molecule has 0 saturated heterocycles. The molecular weight excluding hydrogens is 208 g/mol. The van der Waals surface area contributed by atoms with Gasteiger partial charge in [0.05, 0.1) is 5.51 Å². The zero-order valence-electron chi connectivity index (χ0n) is 9.33. The molecule has 1 fully saturated rings. The molecule has 1 aliphatic carbocycles. The first-order valence-electron chi connectivity index (χ1n) is 5.21. The standard InChI is InChI=1S/C11H16N2OS/c1-7-9(12-6-15-7)10(14)13-8-4-5-11(8,2)3/h6,8H,4-5H2,1-3H3,(H,13,14). The van der Waals surface area contributed by atoms with Crippen molar-refractivity contribution in [1.29, 1.82) is 0 Å². The molecule has 0 bridgehead atoms. The smallest absolute Gasteiger partial charge is 0.271 e. The minimum atomic E-state index is -0.0217. The first kappa shape index (κ1) is 10.6. The second-order valence-electron chi connectivity index (χ2n) is 4.81. The van der Waals surface area contributed by atoms with E-state index in [4.69, 9.17) is 0 Å². The lowest BCUT2D eigenvalue weighted by atomic mass is 9.67. The van der Waals surface area contributed by atoms with Gasteiger partial charge in [-0.1, -0.05) is 13.8 Å². The Bertz CT molecular complexity index is 384. The molecular formula is C11H16N2OS. The van der Waals surface area contributed by atoms with Crippen LogP contribution in [0.3, 0.4) is 0 Å². The summed E-state index contributed by atoms with van der Waals surface area (Å²) in [4.78, 5) is 16.9. The summed E-state index contributed by atoms with van der Waals surface area (Å²) in [5, 5.41) is 3.06. The Hall–Kier alpha value is -0.900. The number of thiazole rings is 1. The van der Waals surface area contributed by atoms with Gasteiger partial charge in [0.25, 0.3) is 5.91 Å². The molecule has 1 heterocycles. The van der Waals surface area contributed by atoms with E-state index in [9.17, 15) is 4.79 Å². The predicted octanol–water partition coefficient (Wildman–Crippen LogP) is 2.37. The lowest BCUT2D eigenvalue weighted by Gasteiger charge is -2.44. The monoisotopic (exact) mass is 224 g/mol. The Morgan fingerprint density at radius 1 is 1.67 bits per heavy atom. The summed E-state index contributed by atoms with van der Waals surface area (Å²) in [5.74, 6) is -0.0217. The Morgan fingerprint density at radius 2 is 2.40 bits per heavy atom. The third kappa shape index (κ3) is 1.91. The van der Waals surface area contributed by atoms with Gasteiger partial charge in [0, 0.05) is 10.9 Å². The first-order chi connectivity index (χ1) is 7.00. The number of nitrogens with zero attached hydrogens (tertiary/aromatic N) is 1. The molecule has 82 valence electrons. The fraction of sp³-hybridized carbons (Fsp3) is 0.636. The lowest BCUT2D eigenvalue weighted by molar-refractivity contribution is 0.0728. The molecule has 3 nitrogen and oxygen atoms in total. The zero-order chi connectivity index (χ0) is 11.1. The summed E-state index contributed by atoms with van der Waals surface area (Å²) in [6, 6.07) is 0.311. The van der Waals surface area contributed by atoms with Crippen LogP contribution in [-0.2, 0) is 0 Å². The number of carbonyl (C=O) groups excluding carboxylic acids is 1. The van der Waals surface area contributed by atoms with Gasteiger partial charge in [0.2, 0.25) is 0 Å². The van der Waals surface area contributed by atoms with Crippen LogP contribution in [0.2, 0.25) is 0 Å². The predicted molar refractivity (Wildman–Crippen MR) is 61.1 cm³/mol. The number of aryl methyl sites for hydroxylation is 1. The number of nitrogens with one attached hydrogen (secondary N) is 1. The van der Waals surface area contributed by atoms with Gasteiger partial charge in [-0.2, -0.15) is 0 Å². The zero-order valence-corrected chi connectivity index (χ0v) is 10.1. The molecule has 1 aromatic rings. The Kier molecular flexibility index (Phi) is 2.54. The van der Waals surface area contributed by atoms with E-state index in [-0.39, 0.29) is 11.3 Å². The maximum absolute atomic E-state index is 11.9. The van der Waals surface area contributed by atoms with Gasteiger partial charge in [0.1, 0.15) is 5.69 Å². The van der Waals surface area contributed by atoms with Crippen molar-refractivity contribution in [2.75, 3.05) is 0 Å². The summed E-state index contributed by atoms with van der Waals surface area (Å²) in [7, 11) is 0. The van der Waals surface area contributed by atoms with Crippen molar-refractivity contribution in [1.82, 2.24) is 10.3 Å². The van der Waals surface area contributed by atoms with Crippen molar-refractivity contribution >= 4 is 17.2 Å². The molecule has 1 amide bonds. The van der Waals surface area contributed by atoms with Crippen LogP contribution in [0, 0.1) is 12.3 Å². The summed E-state index contributed by atoms with van der Waals surface area (Å²) < 4.78 is 0. The van der Waals surface area contributed by atoms with Crippen molar-refractivity contribution in [3.8, 4) is 0 Å². The van der Waals surface area contributed by atoms with Crippen molar-refractivity contribution < 1.29 is 4.79 Å². The van der Waals surface area contributed by atoms with Gasteiger partial charge in [-0.05, 0) is 25.2 Å². The maximum Gasteiger partial charge on any atom is 0.271 e. The van der Waals surface area contributed by atoms with E-state index in [1.807, 2.05) is 6.92 Å². The molecule has 1 N–H and O–H groups in total. The highest BCUT2D eigenvalue weighted by atomic mass is 32.1. The number of hydrogen-bond acceptors (Lipinski definition) is 3. The summed E-state index contributed by atoms with van der Waals surface area (Å²) >= 11 is 1.51. The van der Waals surface area contributed by atoms with E-state index in [0.29, 0.717) is 11.7 Å². The third-order valence-electron chi connectivity index (χ3n) is 3.29. The summed E-state index contributed by atoms with van der Waals surface area (Å²) in [6.45, 7) is 6.31. The van der Waals surface area contributed by atoms with E-state index in [1.165, 1.54) is 17.8 Å². The van der Waals surface area contributed by atoms with Gasteiger partial charge >= 0.3 is 0 Å². The highest BCUT2D eigenvalue weighted by Gasteiger charge is 2.39. The van der Waals surface area contributed by atoms with E-state index >= 15 is 0 Å². The van der Waals surface area contributed by atoms with Crippen LogP contribution in [0.25, 0.3) is 0 Å². The Balaban J connectivity index is 2.02. The number of rotatable bonds is 2. The average Bonchev–Trinajstić information content (AvgIpc) is 2.59. The highest BCUT2D eigenvalue weighted by Crippen LogP contribution is 2.40. The van der Waals surface area contributed by atoms with E-state index in [2.05, 4.69) is 24.1 Å². The van der Waals surface area contributed by atoms with Crippen LogP contribution in [0.1, 0.15) is 42.1 Å². The molecule has 0 radical (unpaired) electrons. The van der Waals surface area contributed by atoms with Gasteiger partial charge in [-0.15, -0.1) is 11.3 Å². The van der Waals surface area contributed by atoms with Crippen LogP contribution >= 0.6 is 11.3 Å². The lowest BCUT2D eigenvalue weighted by Crippen LogP contribution is -2.52. The van der Waals surface area contributed by atoms with Crippen LogP contribution in [0.4, 0.5) is 0 Å². The normalized spacial score (nSPS) is 23.3. The fourth-order valence-corrected chi connectivity index (χ4v) is 2.46. The van der Waals surface area contributed by atoms with Crippen LogP contribution < -0.4 is 5.32 Å². The molecule has 0 aromatic carbocycles. The minimum Gasteiger partial charge on any atom is -0.347 e. The summed E-state index contributed by atoms with van der Waals surface area (Å²) in [5.41, 5.74) is 2.55. The molecule has 0 aliphatic heterocycles. The van der Waals surface area contributed by atoms with Crippen molar-refractivity contribution in [2.45, 2.75) is 39.7 Å². The SMILES string of the molecule is Cc1scnc1C(=O)NC1CCC1(C)C.